The van der Waals surface area contributed by atoms with Crippen LogP contribution in [0.5, 0.6) is 0 Å². The summed E-state index contributed by atoms with van der Waals surface area (Å²) in [5.74, 6) is 0.532. The van der Waals surface area contributed by atoms with Crippen molar-refractivity contribution in [1.29, 1.82) is 0 Å². The molecule has 4 heterocycles. The predicted octanol–water partition coefficient (Wildman–Crippen LogP) is 3.01. The molecule has 0 bridgehead atoms. The van der Waals surface area contributed by atoms with E-state index < -0.39 is 0 Å². The van der Waals surface area contributed by atoms with Crippen LogP contribution in [-0.2, 0) is 16.1 Å². The molecule has 176 valence electrons. The van der Waals surface area contributed by atoms with Crippen molar-refractivity contribution in [3.8, 4) is 0 Å². The minimum Gasteiger partial charge on any atom is -0.381 e. The summed E-state index contributed by atoms with van der Waals surface area (Å²) in [6, 6.07) is 15.6. The van der Waals surface area contributed by atoms with Gasteiger partial charge in [0, 0.05) is 82.9 Å². The number of benzene rings is 1. The number of ether oxygens (including phenoxy) is 1. The van der Waals surface area contributed by atoms with Crippen molar-refractivity contribution in [3.63, 3.8) is 0 Å². The molecule has 0 spiro atoms. The van der Waals surface area contributed by atoms with E-state index in [2.05, 4.69) is 69.1 Å². The molecule has 6 nitrogen and oxygen atoms in total. The molecule has 1 amide bonds. The largest absolute Gasteiger partial charge is 0.381 e. The third-order valence-corrected chi connectivity index (χ3v) is 7.75. The van der Waals surface area contributed by atoms with Crippen LogP contribution < -0.4 is 0 Å². The molecule has 0 N–H and O–H groups in total. The monoisotopic (exact) mass is 448 g/mol. The Morgan fingerprint density at radius 3 is 2.48 bits per heavy atom. The zero-order valence-electron chi connectivity index (χ0n) is 19.7. The molecular formula is C27H36N4O2. The number of amides is 1. The Morgan fingerprint density at radius 1 is 1.00 bits per heavy atom. The molecule has 3 aliphatic heterocycles. The first-order chi connectivity index (χ1) is 16.2. The highest BCUT2D eigenvalue weighted by atomic mass is 16.5. The maximum atomic E-state index is 13.9. The lowest BCUT2D eigenvalue weighted by Crippen LogP contribution is -2.58. The Bertz CT molecular complexity index is 903. The molecule has 3 aliphatic rings. The van der Waals surface area contributed by atoms with Gasteiger partial charge >= 0.3 is 0 Å². The van der Waals surface area contributed by atoms with Gasteiger partial charge in [0.05, 0.1) is 5.92 Å². The summed E-state index contributed by atoms with van der Waals surface area (Å²) < 4.78 is 5.55. The van der Waals surface area contributed by atoms with Crippen LogP contribution in [0.25, 0.3) is 0 Å². The third kappa shape index (κ3) is 5.13. The summed E-state index contributed by atoms with van der Waals surface area (Å²) >= 11 is 0. The Hall–Kier alpha value is -2.28. The van der Waals surface area contributed by atoms with E-state index in [0.29, 0.717) is 11.9 Å². The topological polar surface area (TPSA) is 48.9 Å². The van der Waals surface area contributed by atoms with E-state index in [-0.39, 0.29) is 17.9 Å². The van der Waals surface area contributed by atoms with Gasteiger partial charge < -0.3 is 9.64 Å². The number of hydrogen-bond acceptors (Lipinski definition) is 5. The molecule has 0 unspecified atom stereocenters. The van der Waals surface area contributed by atoms with Crippen molar-refractivity contribution >= 4 is 5.91 Å². The minimum absolute atomic E-state index is 0.00630. The highest BCUT2D eigenvalue weighted by Crippen LogP contribution is 2.35. The van der Waals surface area contributed by atoms with Gasteiger partial charge in [-0.25, -0.2) is 0 Å². The van der Waals surface area contributed by atoms with Gasteiger partial charge in [-0.2, -0.15) is 0 Å². The highest BCUT2D eigenvalue weighted by molar-refractivity contribution is 5.81. The normalized spacial score (nSPS) is 27.7. The summed E-state index contributed by atoms with van der Waals surface area (Å²) in [6.07, 6.45) is 5.93. The van der Waals surface area contributed by atoms with E-state index in [0.717, 1.165) is 65.3 Å². The first-order valence-electron chi connectivity index (χ1n) is 12.5. The number of carbonyl (C=O) groups excluding carboxylic acids is 1. The van der Waals surface area contributed by atoms with E-state index in [1.54, 1.807) is 0 Å². The smallest absolute Gasteiger partial charge is 0.227 e. The van der Waals surface area contributed by atoms with E-state index in [1.165, 1.54) is 11.1 Å². The molecular weight excluding hydrogens is 412 g/mol. The lowest BCUT2D eigenvalue weighted by Gasteiger charge is -2.45. The maximum absolute atomic E-state index is 13.9. The van der Waals surface area contributed by atoms with Crippen LogP contribution in [0.2, 0.25) is 0 Å². The van der Waals surface area contributed by atoms with Crippen molar-refractivity contribution in [3.05, 3.63) is 66.0 Å². The standard InChI is InChI=1S/C27H36N4O2/c1-21-17-30(24-9-15-33-16-10-24)13-14-31(21)27(32)26-20-29(18-22-5-3-2-4-6-22)19-25(26)23-7-11-28-12-8-23/h2-8,11-12,21,24-26H,9-10,13-20H2,1H3/t21-,25+,26-/m1/s1. The van der Waals surface area contributed by atoms with Gasteiger partial charge in [-0.15, -0.1) is 0 Å². The summed E-state index contributed by atoms with van der Waals surface area (Å²) in [7, 11) is 0. The van der Waals surface area contributed by atoms with Gasteiger partial charge in [-0.05, 0) is 43.0 Å². The van der Waals surface area contributed by atoms with Crippen molar-refractivity contribution in [2.75, 3.05) is 45.9 Å². The zero-order chi connectivity index (χ0) is 22.6. The average molecular weight is 449 g/mol. The van der Waals surface area contributed by atoms with Crippen LogP contribution in [-0.4, -0.2) is 83.6 Å². The molecule has 3 saturated heterocycles. The molecule has 1 aromatic heterocycles. The summed E-state index contributed by atoms with van der Waals surface area (Å²) in [5, 5.41) is 0. The SMILES string of the molecule is C[C@@H]1CN(C2CCOCC2)CCN1C(=O)[C@@H]1CN(Cc2ccccc2)C[C@H]1c1ccncc1. The number of carbonyl (C=O) groups is 1. The van der Waals surface area contributed by atoms with Crippen molar-refractivity contribution in [2.45, 2.75) is 44.3 Å². The molecule has 5 rings (SSSR count). The number of hydrogen-bond donors (Lipinski definition) is 0. The van der Waals surface area contributed by atoms with Crippen LogP contribution in [0, 0.1) is 5.92 Å². The second kappa shape index (κ2) is 10.3. The summed E-state index contributed by atoms with van der Waals surface area (Å²) in [5.41, 5.74) is 2.53. The van der Waals surface area contributed by atoms with Crippen LogP contribution in [0.15, 0.2) is 54.9 Å². The number of piperazine rings is 1. The number of pyridine rings is 1. The van der Waals surface area contributed by atoms with Crippen molar-refractivity contribution < 1.29 is 9.53 Å². The molecule has 3 atom stereocenters. The van der Waals surface area contributed by atoms with Gasteiger partial charge in [0.25, 0.3) is 0 Å². The maximum Gasteiger partial charge on any atom is 0.227 e. The second-order valence-corrected chi connectivity index (χ2v) is 9.89. The Labute approximate surface area is 197 Å². The van der Waals surface area contributed by atoms with Gasteiger partial charge in [0.15, 0.2) is 0 Å². The fourth-order valence-electron chi connectivity index (χ4n) is 5.96. The minimum atomic E-state index is -0.00630. The van der Waals surface area contributed by atoms with Gasteiger partial charge in [0.2, 0.25) is 5.91 Å². The molecule has 33 heavy (non-hydrogen) atoms. The quantitative estimate of drug-likeness (QED) is 0.704. The number of likely N-dealkylation sites (tertiary alicyclic amines) is 1. The van der Waals surface area contributed by atoms with Gasteiger partial charge in [-0.3, -0.25) is 19.6 Å². The first-order valence-corrected chi connectivity index (χ1v) is 12.5. The molecule has 3 fully saturated rings. The Morgan fingerprint density at radius 2 is 1.76 bits per heavy atom. The lowest BCUT2D eigenvalue weighted by molar-refractivity contribution is -0.141. The van der Waals surface area contributed by atoms with Gasteiger partial charge in [-0.1, -0.05) is 30.3 Å². The summed E-state index contributed by atoms with van der Waals surface area (Å²) in [4.78, 5) is 25.3. The third-order valence-electron chi connectivity index (χ3n) is 7.75. The lowest BCUT2D eigenvalue weighted by atomic mass is 9.88. The van der Waals surface area contributed by atoms with Crippen molar-refractivity contribution in [2.24, 2.45) is 5.92 Å². The molecule has 6 heteroatoms. The van der Waals surface area contributed by atoms with E-state index in [4.69, 9.17) is 4.74 Å². The fourth-order valence-corrected chi connectivity index (χ4v) is 5.96. The Balaban J connectivity index is 1.29. The predicted molar refractivity (Wildman–Crippen MR) is 129 cm³/mol. The number of aromatic nitrogens is 1. The van der Waals surface area contributed by atoms with E-state index >= 15 is 0 Å². The molecule has 2 aromatic rings. The molecule has 0 saturated carbocycles. The average Bonchev–Trinajstić information content (AvgIpc) is 3.29. The van der Waals surface area contributed by atoms with E-state index in [9.17, 15) is 4.79 Å². The first kappa shape index (κ1) is 22.5. The van der Waals surface area contributed by atoms with Gasteiger partial charge in [0.1, 0.15) is 0 Å². The Kier molecular flexibility index (Phi) is 7.04. The van der Waals surface area contributed by atoms with Crippen LogP contribution in [0.4, 0.5) is 0 Å². The number of nitrogens with zero attached hydrogens (tertiary/aromatic N) is 4. The van der Waals surface area contributed by atoms with Crippen molar-refractivity contribution in [1.82, 2.24) is 19.7 Å². The zero-order valence-corrected chi connectivity index (χ0v) is 19.7. The summed E-state index contributed by atoms with van der Waals surface area (Å²) in [6.45, 7) is 9.34. The molecule has 1 aromatic carbocycles. The number of rotatable bonds is 5. The highest BCUT2D eigenvalue weighted by Gasteiger charge is 2.42. The van der Waals surface area contributed by atoms with E-state index in [1.807, 2.05) is 12.4 Å². The van der Waals surface area contributed by atoms with Crippen LogP contribution in [0.1, 0.15) is 36.8 Å². The fraction of sp³-hybridized carbons (Fsp3) is 0.556. The second-order valence-electron chi connectivity index (χ2n) is 9.89. The molecule has 0 radical (unpaired) electrons. The van der Waals surface area contributed by atoms with Crippen LogP contribution in [0.3, 0.4) is 0 Å². The van der Waals surface area contributed by atoms with Crippen LogP contribution >= 0.6 is 0 Å². The molecule has 0 aliphatic carbocycles.